The number of hydrazine groups is 1. The van der Waals surface area contributed by atoms with Crippen molar-refractivity contribution >= 4 is 15.7 Å². The first-order valence-corrected chi connectivity index (χ1v) is 7.23. The molecule has 0 heterocycles. The van der Waals surface area contributed by atoms with Crippen molar-refractivity contribution in [2.75, 3.05) is 26.4 Å². The molecule has 0 bridgehead atoms. The van der Waals surface area contributed by atoms with Crippen molar-refractivity contribution in [1.82, 2.24) is 10.4 Å². The molecular formula is C11H18N4O3S. The summed E-state index contributed by atoms with van der Waals surface area (Å²) < 4.78 is 24.0. The Kier molecular flexibility index (Phi) is 5.28. The maximum atomic E-state index is 12.0. The van der Waals surface area contributed by atoms with Crippen LogP contribution in [-0.4, -0.2) is 50.9 Å². The molecule has 0 aromatic heterocycles. The minimum absolute atomic E-state index is 0.00586. The number of sulfone groups is 1. The van der Waals surface area contributed by atoms with E-state index in [9.17, 15) is 8.42 Å². The summed E-state index contributed by atoms with van der Waals surface area (Å²) in [6, 6.07) is 5.89. The van der Waals surface area contributed by atoms with E-state index in [0.29, 0.717) is 12.1 Å². The number of nitrogens with one attached hydrogen (secondary N) is 1. The zero-order chi connectivity index (χ0) is 14.5. The van der Waals surface area contributed by atoms with E-state index in [1.807, 2.05) is 0 Å². The van der Waals surface area contributed by atoms with Crippen LogP contribution in [0.4, 0.5) is 0 Å². The third kappa shape index (κ3) is 4.51. The average Bonchev–Trinajstić information content (AvgIpc) is 2.37. The first-order valence-electron chi connectivity index (χ1n) is 5.58. The van der Waals surface area contributed by atoms with E-state index < -0.39 is 9.84 Å². The molecule has 8 heteroatoms. The highest BCUT2D eigenvalue weighted by Crippen LogP contribution is 2.12. The fraction of sp³-hybridized carbons (Fsp3) is 0.364. The van der Waals surface area contributed by atoms with Gasteiger partial charge in [-0.05, 0) is 24.3 Å². The molecule has 1 aromatic carbocycles. The first-order chi connectivity index (χ1) is 8.86. The molecule has 1 aromatic rings. The van der Waals surface area contributed by atoms with Gasteiger partial charge in [-0.1, -0.05) is 5.16 Å². The molecule has 0 saturated carbocycles. The summed E-state index contributed by atoms with van der Waals surface area (Å²) >= 11 is 0. The summed E-state index contributed by atoms with van der Waals surface area (Å²) in [5.41, 5.74) is 8.76. The van der Waals surface area contributed by atoms with Gasteiger partial charge in [0.25, 0.3) is 0 Å². The monoisotopic (exact) mass is 286 g/mol. The number of benzene rings is 1. The van der Waals surface area contributed by atoms with Crippen LogP contribution >= 0.6 is 0 Å². The number of amidine groups is 1. The SMILES string of the molecule is CN(C)NCCS(=O)(=O)c1ccc(/C(N)=N/O)cc1. The molecule has 0 aliphatic heterocycles. The van der Waals surface area contributed by atoms with E-state index in [1.165, 1.54) is 24.3 Å². The molecule has 0 amide bonds. The van der Waals surface area contributed by atoms with Crippen LogP contribution in [0.5, 0.6) is 0 Å². The van der Waals surface area contributed by atoms with Crippen LogP contribution in [0.3, 0.4) is 0 Å². The van der Waals surface area contributed by atoms with E-state index in [1.54, 1.807) is 19.1 Å². The van der Waals surface area contributed by atoms with Crippen molar-refractivity contribution in [3.63, 3.8) is 0 Å². The van der Waals surface area contributed by atoms with Gasteiger partial charge < -0.3 is 10.9 Å². The fourth-order valence-electron chi connectivity index (χ4n) is 1.41. The number of rotatable bonds is 6. The molecule has 0 radical (unpaired) electrons. The van der Waals surface area contributed by atoms with Crippen LogP contribution in [0.2, 0.25) is 0 Å². The Morgan fingerprint density at radius 1 is 1.37 bits per heavy atom. The van der Waals surface area contributed by atoms with E-state index in [0.717, 1.165) is 0 Å². The van der Waals surface area contributed by atoms with Gasteiger partial charge in [0.2, 0.25) is 0 Å². The van der Waals surface area contributed by atoms with E-state index >= 15 is 0 Å². The van der Waals surface area contributed by atoms with Crippen molar-refractivity contribution in [3.05, 3.63) is 29.8 Å². The normalized spacial score (nSPS) is 12.9. The average molecular weight is 286 g/mol. The smallest absolute Gasteiger partial charge is 0.179 e. The van der Waals surface area contributed by atoms with E-state index in [2.05, 4.69) is 10.6 Å². The Morgan fingerprint density at radius 2 is 1.95 bits per heavy atom. The van der Waals surface area contributed by atoms with E-state index in [4.69, 9.17) is 10.9 Å². The Bertz CT molecular complexity index is 538. The Balaban J connectivity index is 2.79. The van der Waals surface area contributed by atoms with Crippen LogP contribution in [0.25, 0.3) is 0 Å². The van der Waals surface area contributed by atoms with Crippen molar-refractivity contribution in [2.24, 2.45) is 10.9 Å². The number of oxime groups is 1. The zero-order valence-corrected chi connectivity index (χ0v) is 11.7. The predicted octanol–water partition coefficient (Wildman–Crippen LogP) is -0.379. The second-order valence-electron chi connectivity index (χ2n) is 4.13. The molecule has 0 aliphatic carbocycles. The number of hydrogen-bond donors (Lipinski definition) is 3. The van der Waals surface area contributed by atoms with Crippen molar-refractivity contribution in [2.45, 2.75) is 4.90 Å². The number of hydrogen-bond acceptors (Lipinski definition) is 6. The van der Waals surface area contributed by atoms with Gasteiger partial charge in [0.15, 0.2) is 15.7 Å². The topological polar surface area (TPSA) is 108 Å². The second kappa shape index (κ2) is 6.50. The Morgan fingerprint density at radius 3 is 2.42 bits per heavy atom. The molecule has 0 spiro atoms. The molecule has 106 valence electrons. The van der Waals surface area contributed by atoms with E-state index in [-0.39, 0.29) is 16.5 Å². The summed E-state index contributed by atoms with van der Waals surface area (Å²) in [5, 5.41) is 13.1. The lowest BCUT2D eigenvalue weighted by atomic mass is 10.2. The van der Waals surface area contributed by atoms with Crippen molar-refractivity contribution in [1.29, 1.82) is 0 Å². The Labute approximate surface area is 112 Å². The number of nitrogens with zero attached hydrogens (tertiary/aromatic N) is 2. The molecule has 0 saturated heterocycles. The highest BCUT2D eigenvalue weighted by atomic mass is 32.2. The summed E-state index contributed by atoms with van der Waals surface area (Å²) in [5.74, 6) is -0.0631. The van der Waals surface area contributed by atoms with Crippen LogP contribution in [0, 0.1) is 0 Å². The lowest BCUT2D eigenvalue weighted by Crippen LogP contribution is -2.34. The maximum Gasteiger partial charge on any atom is 0.179 e. The van der Waals surface area contributed by atoms with Crippen molar-refractivity contribution in [3.8, 4) is 0 Å². The summed E-state index contributed by atoms with van der Waals surface area (Å²) in [4.78, 5) is 0.211. The molecule has 4 N–H and O–H groups in total. The van der Waals surface area contributed by atoms with Crippen molar-refractivity contribution < 1.29 is 13.6 Å². The summed E-state index contributed by atoms with van der Waals surface area (Å²) in [6.07, 6.45) is 0. The van der Waals surface area contributed by atoms with Gasteiger partial charge in [-0.25, -0.2) is 8.42 Å². The largest absolute Gasteiger partial charge is 0.409 e. The first kappa shape index (κ1) is 15.4. The summed E-state index contributed by atoms with van der Waals surface area (Å²) in [7, 11) is 0.243. The van der Waals surface area contributed by atoms with Crippen LogP contribution in [-0.2, 0) is 9.84 Å². The minimum atomic E-state index is -3.34. The predicted molar refractivity (Wildman–Crippen MR) is 72.7 cm³/mol. The van der Waals surface area contributed by atoms with Gasteiger partial charge in [0.1, 0.15) is 0 Å². The molecule has 0 atom stereocenters. The highest BCUT2D eigenvalue weighted by Gasteiger charge is 2.14. The molecule has 1 rings (SSSR count). The third-order valence-corrected chi connectivity index (χ3v) is 4.15. The lowest BCUT2D eigenvalue weighted by molar-refractivity contribution is 0.299. The maximum absolute atomic E-state index is 12.0. The van der Waals surface area contributed by atoms with Gasteiger partial charge >= 0.3 is 0 Å². The van der Waals surface area contributed by atoms with Crippen LogP contribution < -0.4 is 11.2 Å². The summed E-state index contributed by atoms with van der Waals surface area (Å²) in [6.45, 7) is 0.331. The van der Waals surface area contributed by atoms with Gasteiger partial charge in [0.05, 0.1) is 10.6 Å². The van der Waals surface area contributed by atoms with Gasteiger partial charge in [0, 0.05) is 26.2 Å². The highest BCUT2D eigenvalue weighted by molar-refractivity contribution is 7.91. The van der Waals surface area contributed by atoms with Crippen LogP contribution in [0.1, 0.15) is 5.56 Å². The standard InChI is InChI=1S/C11H18N4O3S/c1-15(2)13-7-8-19(17,18)10-5-3-9(4-6-10)11(12)14-16/h3-6,13,16H,7-8H2,1-2H3,(H2,12,14). The van der Waals surface area contributed by atoms with Gasteiger partial charge in [-0.15, -0.1) is 0 Å². The molecule has 0 aliphatic rings. The Hall–Kier alpha value is -1.64. The third-order valence-electron chi connectivity index (χ3n) is 2.42. The van der Waals surface area contributed by atoms with Crippen LogP contribution in [0.15, 0.2) is 34.3 Å². The molecule has 0 fully saturated rings. The quantitative estimate of drug-likeness (QED) is 0.285. The zero-order valence-electron chi connectivity index (χ0n) is 10.9. The molecule has 7 nitrogen and oxygen atoms in total. The lowest BCUT2D eigenvalue weighted by Gasteiger charge is -2.12. The molecular weight excluding hydrogens is 268 g/mol. The number of nitrogens with two attached hydrogens (primary N) is 1. The minimum Gasteiger partial charge on any atom is -0.409 e. The van der Waals surface area contributed by atoms with Gasteiger partial charge in [-0.2, -0.15) is 0 Å². The molecule has 0 unspecified atom stereocenters. The second-order valence-corrected chi connectivity index (χ2v) is 6.24. The molecule has 19 heavy (non-hydrogen) atoms. The van der Waals surface area contributed by atoms with Gasteiger partial charge in [-0.3, -0.25) is 10.4 Å². The fourth-order valence-corrected chi connectivity index (χ4v) is 2.56.